The third-order valence-electron chi connectivity index (χ3n) is 3.96. The van der Waals surface area contributed by atoms with Gasteiger partial charge in [-0.3, -0.25) is 4.79 Å². The molecule has 1 saturated carbocycles. The molecule has 2 rings (SSSR count). The number of hydrogen-bond acceptors (Lipinski definition) is 2. The van der Waals surface area contributed by atoms with Crippen molar-refractivity contribution in [2.24, 2.45) is 11.3 Å². The Bertz CT molecular complexity index is 496. The summed E-state index contributed by atoms with van der Waals surface area (Å²) in [6.07, 6.45) is 5.40. The zero-order valence-electron chi connectivity index (χ0n) is 12.8. The quantitative estimate of drug-likeness (QED) is 0.609. The summed E-state index contributed by atoms with van der Waals surface area (Å²) in [7, 11) is 0. The van der Waals surface area contributed by atoms with Crippen molar-refractivity contribution in [1.29, 1.82) is 0 Å². The van der Waals surface area contributed by atoms with Crippen LogP contribution < -0.4 is 0 Å². The molecule has 0 unspecified atom stereocenters. The maximum Gasteiger partial charge on any atom is 0.311 e. The molecule has 1 fully saturated rings. The van der Waals surface area contributed by atoms with Crippen LogP contribution in [-0.2, 0) is 14.9 Å². The fourth-order valence-corrected chi connectivity index (χ4v) is 2.65. The van der Waals surface area contributed by atoms with Crippen LogP contribution >= 0.6 is 0 Å². The van der Waals surface area contributed by atoms with Crippen molar-refractivity contribution in [2.45, 2.75) is 39.5 Å². The molecule has 2 nitrogen and oxygen atoms in total. The number of benzene rings is 1. The fourth-order valence-electron chi connectivity index (χ4n) is 2.65. The van der Waals surface area contributed by atoms with Crippen LogP contribution in [0.4, 0.5) is 0 Å². The van der Waals surface area contributed by atoms with Gasteiger partial charge in [0.1, 0.15) is 0 Å². The molecule has 1 aromatic carbocycles. The molecule has 0 aromatic heterocycles. The number of carbonyl (C=O) groups excluding carboxylic acids is 1. The van der Waals surface area contributed by atoms with E-state index in [-0.39, 0.29) is 11.4 Å². The molecular weight excluding hydrogens is 248 g/mol. The molecule has 0 saturated heterocycles. The first-order chi connectivity index (χ1) is 9.40. The third kappa shape index (κ3) is 2.95. The monoisotopic (exact) mass is 272 g/mol. The largest absolute Gasteiger partial charge is 0.465 e. The van der Waals surface area contributed by atoms with E-state index in [4.69, 9.17) is 4.74 Å². The van der Waals surface area contributed by atoms with E-state index in [0.717, 1.165) is 6.42 Å². The molecule has 0 heterocycles. The van der Waals surface area contributed by atoms with Crippen molar-refractivity contribution in [3.63, 3.8) is 0 Å². The predicted molar refractivity (Wildman–Crippen MR) is 81.5 cm³/mol. The van der Waals surface area contributed by atoms with Crippen molar-refractivity contribution >= 4 is 5.97 Å². The highest BCUT2D eigenvalue weighted by Gasteiger charge is 2.53. The van der Waals surface area contributed by atoms with Crippen molar-refractivity contribution < 1.29 is 9.53 Å². The van der Waals surface area contributed by atoms with Gasteiger partial charge in [-0.15, -0.1) is 0 Å². The number of rotatable bonds is 4. The second-order valence-electron chi connectivity index (χ2n) is 6.66. The van der Waals surface area contributed by atoms with Crippen LogP contribution in [0.5, 0.6) is 0 Å². The van der Waals surface area contributed by atoms with Crippen LogP contribution in [0.2, 0.25) is 0 Å². The van der Waals surface area contributed by atoms with Crippen molar-refractivity contribution in [3.8, 4) is 0 Å². The summed E-state index contributed by atoms with van der Waals surface area (Å²) >= 11 is 0. The Morgan fingerprint density at radius 2 is 2.00 bits per heavy atom. The second kappa shape index (κ2) is 5.43. The SMILES string of the molecule is CC=C[C@@]1(c2ccccc2)C[C@H]1COC(=O)C(C)(C)C. The molecule has 1 aliphatic rings. The van der Waals surface area contributed by atoms with Crippen molar-refractivity contribution in [3.05, 3.63) is 48.0 Å². The molecule has 0 aliphatic heterocycles. The first kappa shape index (κ1) is 14.8. The molecule has 1 aliphatic carbocycles. The van der Waals surface area contributed by atoms with Gasteiger partial charge >= 0.3 is 5.97 Å². The zero-order chi connectivity index (χ0) is 14.8. The Morgan fingerprint density at radius 3 is 2.55 bits per heavy atom. The summed E-state index contributed by atoms with van der Waals surface area (Å²) in [6, 6.07) is 10.5. The molecule has 0 bridgehead atoms. The Morgan fingerprint density at radius 1 is 1.35 bits per heavy atom. The number of carbonyl (C=O) groups is 1. The number of hydrogen-bond donors (Lipinski definition) is 0. The maximum absolute atomic E-state index is 11.9. The lowest BCUT2D eigenvalue weighted by Crippen LogP contribution is -2.24. The number of ether oxygens (including phenoxy) is 1. The summed E-state index contributed by atoms with van der Waals surface area (Å²) in [5.41, 5.74) is 0.953. The number of esters is 1. The van der Waals surface area contributed by atoms with Crippen LogP contribution in [0.15, 0.2) is 42.5 Å². The second-order valence-corrected chi connectivity index (χ2v) is 6.66. The van der Waals surface area contributed by atoms with E-state index < -0.39 is 5.41 Å². The van der Waals surface area contributed by atoms with Gasteiger partial charge in [0.05, 0.1) is 12.0 Å². The van der Waals surface area contributed by atoms with E-state index in [0.29, 0.717) is 12.5 Å². The van der Waals surface area contributed by atoms with Gasteiger partial charge in [-0.25, -0.2) is 0 Å². The smallest absolute Gasteiger partial charge is 0.311 e. The topological polar surface area (TPSA) is 26.3 Å². The molecule has 2 atom stereocenters. The summed E-state index contributed by atoms with van der Waals surface area (Å²) in [6.45, 7) is 8.21. The highest BCUT2D eigenvalue weighted by Crippen LogP contribution is 2.55. The summed E-state index contributed by atoms with van der Waals surface area (Å²) in [5, 5.41) is 0. The van der Waals surface area contributed by atoms with Gasteiger partial charge in [-0.2, -0.15) is 0 Å². The van der Waals surface area contributed by atoms with Crippen LogP contribution in [0, 0.1) is 11.3 Å². The van der Waals surface area contributed by atoms with E-state index in [1.54, 1.807) is 0 Å². The Hall–Kier alpha value is -1.57. The predicted octanol–water partition coefficient (Wildman–Crippen LogP) is 4.11. The third-order valence-corrected chi connectivity index (χ3v) is 3.96. The van der Waals surface area contributed by atoms with Crippen molar-refractivity contribution in [2.75, 3.05) is 6.61 Å². The molecule has 1 aromatic rings. The maximum atomic E-state index is 11.9. The molecular formula is C18H24O2. The molecule has 20 heavy (non-hydrogen) atoms. The normalized spacial score (nSPS) is 25.7. The van der Waals surface area contributed by atoms with Crippen LogP contribution in [0.1, 0.15) is 39.7 Å². The average molecular weight is 272 g/mol. The first-order valence-electron chi connectivity index (χ1n) is 7.27. The van der Waals surface area contributed by atoms with Gasteiger partial charge in [0.25, 0.3) is 0 Å². The van der Waals surface area contributed by atoms with Gasteiger partial charge in [-0.05, 0) is 39.7 Å². The van der Waals surface area contributed by atoms with E-state index in [1.165, 1.54) is 5.56 Å². The van der Waals surface area contributed by atoms with Crippen LogP contribution in [0.3, 0.4) is 0 Å². The molecule has 0 radical (unpaired) electrons. The lowest BCUT2D eigenvalue weighted by Gasteiger charge is -2.18. The van der Waals surface area contributed by atoms with Gasteiger partial charge in [0, 0.05) is 11.3 Å². The van der Waals surface area contributed by atoms with E-state index >= 15 is 0 Å². The van der Waals surface area contributed by atoms with E-state index in [2.05, 4.69) is 36.4 Å². The molecule has 0 spiro atoms. The minimum absolute atomic E-state index is 0.0637. The summed E-state index contributed by atoms with van der Waals surface area (Å²) in [5.74, 6) is 0.277. The summed E-state index contributed by atoms with van der Waals surface area (Å²) in [4.78, 5) is 11.9. The minimum atomic E-state index is -0.426. The van der Waals surface area contributed by atoms with Crippen LogP contribution in [0.25, 0.3) is 0 Å². The fraction of sp³-hybridized carbons (Fsp3) is 0.500. The lowest BCUT2D eigenvalue weighted by molar-refractivity contribution is -0.153. The molecule has 0 amide bonds. The lowest BCUT2D eigenvalue weighted by atomic mass is 9.93. The highest BCUT2D eigenvalue weighted by atomic mass is 16.5. The Kier molecular flexibility index (Phi) is 4.03. The minimum Gasteiger partial charge on any atom is -0.465 e. The van der Waals surface area contributed by atoms with E-state index in [9.17, 15) is 4.79 Å². The standard InChI is InChI=1S/C18H24O2/c1-5-11-18(14-9-7-6-8-10-14)12-15(18)13-20-16(19)17(2,3)4/h5-11,15H,12-13H2,1-4H3/t15-,18-/m0/s1. The van der Waals surface area contributed by atoms with E-state index in [1.807, 2.05) is 33.8 Å². The number of allylic oxidation sites excluding steroid dienone is 2. The van der Waals surface area contributed by atoms with Gasteiger partial charge < -0.3 is 4.74 Å². The average Bonchev–Trinajstić information content (AvgIpc) is 3.11. The highest BCUT2D eigenvalue weighted by molar-refractivity contribution is 5.75. The first-order valence-corrected chi connectivity index (χ1v) is 7.27. The zero-order valence-corrected chi connectivity index (χ0v) is 12.8. The van der Waals surface area contributed by atoms with Gasteiger partial charge in [0.15, 0.2) is 0 Å². The molecule has 108 valence electrons. The molecule has 2 heteroatoms. The molecule has 0 N–H and O–H groups in total. The van der Waals surface area contributed by atoms with Crippen LogP contribution in [-0.4, -0.2) is 12.6 Å². The summed E-state index contributed by atoms with van der Waals surface area (Å²) < 4.78 is 5.48. The van der Waals surface area contributed by atoms with Crippen molar-refractivity contribution in [1.82, 2.24) is 0 Å². The Labute approximate surface area is 121 Å². The Balaban J connectivity index is 2.04. The van der Waals surface area contributed by atoms with Gasteiger partial charge in [-0.1, -0.05) is 42.5 Å². The van der Waals surface area contributed by atoms with Gasteiger partial charge in [0.2, 0.25) is 0 Å².